The van der Waals surface area contributed by atoms with E-state index in [1.807, 2.05) is 26.0 Å². The third-order valence-corrected chi connectivity index (χ3v) is 2.78. The lowest BCUT2D eigenvalue weighted by atomic mass is 10.2. The van der Waals surface area contributed by atoms with Gasteiger partial charge in [0.1, 0.15) is 5.38 Å². The van der Waals surface area contributed by atoms with Crippen LogP contribution in [-0.2, 0) is 0 Å². The lowest BCUT2D eigenvalue weighted by molar-refractivity contribution is 1.20. The van der Waals surface area contributed by atoms with Crippen molar-refractivity contribution >= 4 is 22.9 Å². The summed E-state index contributed by atoms with van der Waals surface area (Å²) in [5.41, 5.74) is 0.955. The maximum atomic E-state index is 8.54. The van der Waals surface area contributed by atoms with E-state index < -0.39 is 5.38 Å². The van der Waals surface area contributed by atoms with Gasteiger partial charge in [-0.2, -0.15) is 5.26 Å². The van der Waals surface area contributed by atoms with Crippen molar-refractivity contribution in [1.82, 2.24) is 0 Å². The molecule has 1 aromatic heterocycles. The van der Waals surface area contributed by atoms with Gasteiger partial charge in [0, 0.05) is 9.75 Å². The molecule has 11 heavy (non-hydrogen) atoms. The van der Waals surface area contributed by atoms with Crippen molar-refractivity contribution in [1.29, 1.82) is 5.26 Å². The Balaban J connectivity index is 3.05. The summed E-state index contributed by atoms with van der Waals surface area (Å²) < 4.78 is 0. The molecule has 0 spiro atoms. The summed E-state index contributed by atoms with van der Waals surface area (Å²) in [6, 6.07) is 3.98. The minimum Gasteiger partial charge on any atom is -0.196 e. The molecule has 0 fully saturated rings. The van der Waals surface area contributed by atoms with Gasteiger partial charge in [0.15, 0.2) is 0 Å². The van der Waals surface area contributed by atoms with Crippen molar-refractivity contribution in [2.45, 2.75) is 19.2 Å². The molecule has 1 aromatic rings. The van der Waals surface area contributed by atoms with Crippen LogP contribution in [0.15, 0.2) is 6.07 Å². The van der Waals surface area contributed by atoms with E-state index >= 15 is 0 Å². The molecule has 0 radical (unpaired) electrons. The van der Waals surface area contributed by atoms with Crippen LogP contribution in [-0.4, -0.2) is 0 Å². The average Bonchev–Trinajstić information content (AvgIpc) is 2.28. The van der Waals surface area contributed by atoms with Gasteiger partial charge in [-0.25, -0.2) is 0 Å². The number of hydrogen-bond acceptors (Lipinski definition) is 2. The number of halogens is 1. The van der Waals surface area contributed by atoms with Gasteiger partial charge in [-0.05, 0) is 25.5 Å². The number of nitrogens with zero attached hydrogens (tertiary/aromatic N) is 1. The van der Waals surface area contributed by atoms with Crippen LogP contribution in [0.4, 0.5) is 0 Å². The second-order valence-electron chi connectivity index (χ2n) is 2.36. The van der Waals surface area contributed by atoms with Gasteiger partial charge >= 0.3 is 0 Å². The third kappa shape index (κ3) is 1.74. The molecule has 0 saturated heterocycles. The number of rotatable bonds is 1. The van der Waals surface area contributed by atoms with Crippen LogP contribution in [0.5, 0.6) is 0 Å². The predicted octanol–water partition coefficient (Wildman–Crippen LogP) is 3.17. The molecule has 0 aromatic carbocycles. The Morgan fingerprint density at radius 1 is 1.64 bits per heavy atom. The largest absolute Gasteiger partial charge is 0.196 e. The van der Waals surface area contributed by atoms with Crippen molar-refractivity contribution in [3.05, 3.63) is 21.4 Å². The summed E-state index contributed by atoms with van der Waals surface area (Å²) in [6.45, 7) is 4.00. The van der Waals surface area contributed by atoms with Gasteiger partial charge in [-0.15, -0.1) is 22.9 Å². The SMILES string of the molecule is Cc1cc(C(Cl)C#N)c(C)s1. The molecule has 0 bridgehead atoms. The molecule has 0 saturated carbocycles. The van der Waals surface area contributed by atoms with Gasteiger partial charge < -0.3 is 0 Å². The maximum absolute atomic E-state index is 8.54. The van der Waals surface area contributed by atoms with E-state index in [1.165, 1.54) is 4.88 Å². The van der Waals surface area contributed by atoms with Gasteiger partial charge in [-0.3, -0.25) is 0 Å². The Hall–Kier alpha value is -0.520. The van der Waals surface area contributed by atoms with Crippen LogP contribution in [0.2, 0.25) is 0 Å². The lowest BCUT2D eigenvalue weighted by Gasteiger charge is -1.95. The highest BCUT2D eigenvalue weighted by atomic mass is 35.5. The first-order valence-corrected chi connectivity index (χ1v) is 4.51. The zero-order valence-electron chi connectivity index (χ0n) is 6.39. The molecule has 0 aliphatic heterocycles. The summed E-state index contributed by atoms with van der Waals surface area (Å²) in [6.07, 6.45) is 0. The van der Waals surface area contributed by atoms with Crippen LogP contribution < -0.4 is 0 Å². The second-order valence-corrected chi connectivity index (χ2v) is 4.26. The topological polar surface area (TPSA) is 23.8 Å². The van der Waals surface area contributed by atoms with Crippen LogP contribution >= 0.6 is 22.9 Å². The molecule has 1 atom stereocenters. The first-order valence-electron chi connectivity index (χ1n) is 3.25. The fraction of sp³-hybridized carbons (Fsp3) is 0.375. The molecule has 58 valence electrons. The number of aryl methyl sites for hydroxylation is 2. The number of thiophene rings is 1. The van der Waals surface area contributed by atoms with E-state index in [-0.39, 0.29) is 0 Å². The highest BCUT2D eigenvalue weighted by Crippen LogP contribution is 2.29. The molecular formula is C8H8ClNS. The zero-order valence-corrected chi connectivity index (χ0v) is 7.96. The molecule has 1 heterocycles. The third-order valence-electron chi connectivity index (χ3n) is 1.47. The Kier molecular flexibility index (Phi) is 2.53. The standard InChI is InChI=1S/C8H8ClNS/c1-5-3-7(6(2)11-5)8(9)4-10/h3,8H,1-2H3. The fourth-order valence-corrected chi connectivity index (χ4v) is 2.23. The van der Waals surface area contributed by atoms with Crippen LogP contribution in [0.3, 0.4) is 0 Å². The molecule has 1 unspecified atom stereocenters. The van der Waals surface area contributed by atoms with Crippen LogP contribution in [0.1, 0.15) is 20.7 Å². The molecule has 0 aliphatic rings. The zero-order chi connectivity index (χ0) is 8.43. The highest BCUT2D eigenvalue weighted by molar-refractivity contribution is 7.12. The first-order chi connectivity index (χ1) is 5.15. The molecule has 0 aliphatic carbocycles. The van der Waals surface area contributed by atoms with Crippen LogP contribution in [0, 0.1) is 25.2 Å². The average molecular weight is 186 g/mol. The van der Waals surface area contributed by atoms with E-state index in [0.717, 1.165) is 10.4 Å². The summed E-state index contributed by atoms with van der Waals surface area (Å²) in [7, 11) is 0. The smallest absolute Gasteiger partial charge is 0.146 e. The van der Waals surface area contributed by atoms with Gasteiger partial charge in [0.2, 0.25) is 0 Å². The van der Waals surface area contributed by atoms with E-state index in [9.17, 15) is 0 Å². The second kappa shape index (κ2) is 3.25. The van der Waals surface area contributed by atoms with Gasteiger partial charge in [0.05, 0.1) is 6.07 Å². The minimum atomic E-state index is -0.486. The van der Waals surface area contributed by atoms with E-state index in [2.05, 4.69) is 0 Å². The van der Waals surface area contributed by atoms with Crippen molar-refractivity contribution in [3.8, 4) is 6.07 Å². The van der Waals surface area contributed by atoms with Gasteiger partial charge in [-0.1, -0.05) is 0 Å². The molecule has 0 N–H and O–H groups in total. The monoisotopic (exact) mass is 185 g/mol. The molecular weight excluding hydrogens is 178 g/mol. The first kappa shape index (κ1) is 8.58. The van der Waals surface area contributed by atoms with Crippen molar-refractivity contribution in [2.75, 3.05) is 0 Å². The maximum Gasteiger partial charge on any atom is 0.146 e. The van der Waals surface area contributed by atoms with Crippen molar-refractivity contribution < 1.29 is 0 Å². The molecule has 0 amide bonds. The van der Waals surface area contributed by atoms with E-state index in [0.29, 0.717) is 0 Å². The number of nitriles is 1. The number of hydrogen-bond donors (Lipinski definition) is 0. The summed E-state index contributed by atoms with van der Waals surface area (Å²) in [4.78, 5) is 2.35. The van der Waals surface area contributed by atoms with Crippen molar-refractivity contribution in [3.63, 3.8) is 0 Å². The Morgan fingerprint density at radius 3 is 2.64 bits per heavy atom. The van der Waals surface area contributed by atoms with E-state index in [4.69, 9.17) is 16.9 Å². The summed E-state index contributed by atoms with van der Waals surface area (Å²) in [5.74, 6) is 0. The van der Waals surface area contributed by atoms with Crippen molar-refractivity contribution in [2.24, 2.45) is 0 Å². The Morgan fingerprint density at radius 2 is 2.27 bits per heavy atom. The van der Waals surface area contributed by atoms with E-state index in [1.54, 1.807) is 11.3 Å². The number of alkyl halides is 1. The van der Waals surface area contributed by atoms with Crippen LogP contribution in [0.25, 0.3) is 0 Å². The minimum absolute atomic E-state index is 0.486. The predicted molar refractivity (Wildman–Crippen MR) is 48.0 cm³/mol. The fourth-order valence-electron chi connectivity index (χ4n) is 0.972. The Labute approximate surface area is 75.2 Å². The summed E-state index contributed by atoms with van der Waals surface area (Å²) >= 11 is 7.43. The molecule has 1 nitrogen and oxygen atoms in total. The molecule has 1 rings (SSSR count). The quantitative estimate of drug-likeness (QED) is 0.617. The Bertz CT molecular complexity index is 298. The highest BCUT2D eigenvalue weighted by Gasteiger charge is 2.11. The lowest BCUT2D eigenvalue weighted by Crippen LogP contribution is -1.84. The summed E-state index contributed by atoms with van der Waals surface area (Å²) in [5, 5.41) is 8.06. The molecule has 3 heteroatoms. The normalized spacial score (nSPS) is 12.5. The van der Waals surface area contributed by atoms with Gasteiger partial charge in [0.25, 0.3) is 0 Å².